The van der Waals surface area contributed by atoms with Crippen molar-refractivity contribution in [2.24, 2.45) is 0 Å². The van der Waals surface area contributed by atoms with Crippen LogP contribution in [0.3, 0.4) is 0 Å². The first-order chi connectivity index (χ1) is 13.9. The lowest BCUT2D eigenvalue weighted by molar-refractivity contribution is 0.0953. The molecular formula is C21H21ClN2O4S. The monoisotopic (exact) mass is 432 g/mol. The van der Waals surface area contributed by atoms with Crippen molar-refractivity contribution >= 4 is 33.2 Å². The maximum absolute atomic E-state index is 12.7. The summed E-state index contributed by atoms with van der Waals surface area (Å²) in [5, 5.41) is 3.31. The average molecular weight is 433 g/mol. The molecule has 3 aromatic rings. The van der Waals surface area contributed by atoms with E-state index in [-0.39, 0.29) is 10.8 Å². The highest BCUT2D eigenvalue weighted by Crippen LogP contribution is 2.23. The number of hydrogen-bond donors (Lipinski definition) is 1. The molecule has 0 unspecified atom stereocenters. The molecule has 1 amide bonds. The number of carbonyl (C=O) groups is 1. The molecule has 0 saturated heterocycles. The number of aryl methyl sites for hydroxylation is 1. The van der Waals surface area contributed by atoms with Crippen molar-refractivity contribution in [2.75, 3.05) is 17.9 Å². The predicted octanol–water partition coefficient (Wildman–Crippen LogP) is 4.12. The van der Waals surface area contributed by atoms with Crippen LogP contribution in [0.5, 0.6) is 0 Å². The second-order valence-electron chi connectivity index (χ2n) is 6.41. The number of anilines is 1. The van der Waals surface area contributed by atoms with Crippen LogP contribution in [0.15, 0.2) is 76.2 Å². The smallest absolute Gasteiger partial charge is 0.264 e. The van der Waals surface area contributed by atoms with Crippen LogP contribution in [0, 0.1) is 0 Å². The largest absolute Gasteiger partial charge is 0.469 e. The highest BCUT2D eigenvalue weighted by Gasteiger charge is 2.21. The zero-order valence-electron chi connectivity index (χ0n) is 15.8. The van der Waals surface area contributed by atoms with Gasteiger partial charge in [-0.2, -0.15) is 0 Å². The fraction of sp³-hybridized carbons (Fsp3) is 0.190. The lowest BCUT2D eigenvalue weighted by Gasteiger charge is -2.19. The van der Waals surface area contributed by atoms with E-state index < -0.39 is 10.0 Å². The molecule has 1 heterocycles. The zero-order chi connectivity index (χ0) is 20.9. The first kappa shape index (κ1) is 21.0. The lowest BCUT2D eigenvalue weighted by atomic mass is 10.2. The molecule has 0 bridgehead atoms. The number of rotatable bonds is 8. The van der Waals surface area contributed by atoms with E-state index in [4.69, 9.17) is 16.0 Å². The Kier molecular flexibility index (Phi) is 6.61. The van der Waals surface area contributed by atoms with Gasteiger partial charge in [-0.1, -0.05) is 11.6 Å². The van der Waals surface area contributed by atoms with E-state index in [0.717, 1.165) is 18.6 Å². The highest BCUT2D eigenvalue weighted by atomic mass is 35.5. The minimum absolute atomic E-state index is 0.141. The topological polar surface area (TPSA) is 79.6 Å². The highest BCUT2D eigenvalue weighted by molar-refractivity contribution is 7.92. The molecule has 29 heavy (non-hydrogen) atoms. The lowest BCUT2D eigenvalue weighted by Crippen LogP contribution is -2.27. The van der Waals surface area contributed by atoms with Crippen molar-refractivity contribution in [1.29, 1.82) is 0 Å². The number of sulfonamides is 1. The molecular weight excluding hydrogens is 412 g/mol. The Morgan fingerprint density at radius 1 is 1.07 bits per heavy atom. The van der Waals surface area contributed by atoms with Crippen molar-refractivity contribution in [3.05, 3.63) is 83.3 Å². The second kappa shape index (κ2) is 9.15. The number of nitrogens with zero attached hydrogens (tertiary/aromatic N) is 1. The zero-order valence-corrected chi connectivity index (χ0v) is 17.4. The SMILES string of the molecule is CN(c1ccc(C(=O)NCCCc2ccco2)cc1)S(=O)(=O)c1ccc(Cl)cc1. The summed E-state index contributed by atoms with van der Waals surface area (Å²) in [6.45, 7) is 0.520. The Morgan fingerprint density at radius 2 is 1.76 bits per heavy atom. The first-order valence-corrected chi connectivity index (χ1v) is 10.8. The Hall–Kier alpha value is -2.77. The molecule has 1 aromatic heterocycles. The summed E-state index contributed by atoms with van der Waals surface area (Å²) in [6.07, 6.45) is 3.14. The van der Waals surface area contributed by atoms with Gasteiger partial charge < -0.3 is 9.73 Å². The van der Waals surface area contributed by atoms with Crippen LogP contribution in [-0.2, 0) is 16.4 Å². The molecule has 0 aliphatic carbocycles. The summed E-state index contributed by atoms with van der Waals surface area (Å²) < 4.78 is 31.9. The minimum atomic E-state index is -3.72. The summed E-state index contributed by atoms with van der Waals surface area (Å²) in [7, 11) is -2.25. The molecule has 2 aromatic carbocycles. The Balaban J connectivity index is 1.59. The van der Waals surface area contributed by atoms with Gasteiger partial charge in [0.25, 0.3) is 15.9 Å². The van der Waals surface area contributed by atoms with Gasteiger partial charge in [0, 0.05) is 30.6 Å². The third-order valence-corrected chi connectivity index (χ3v) is 6.48. The summed E-state index contributed by atoms with van der Waals surface area (Å²) >= 11 is 5.83. The van der Waals surface area contributed by atoms with Gasteiger partial charge in [0.15, 0.2) is 0 Å². The summed E-state index contributed by atoms with van der Waals surface area (Å²) in [5.41, 5.74) is 0.915. The number of nitrogens with one attached hydrogen (secondary N) is 1. The summed E-state index contributed by atoms with van der Waals surface area (Å²) in [5.74, 6) is 0.674. The standard InChI is InChI=1S/C21H21ClN2O4S/c1-24(29(26,27)20-12-8-17(22)9-13-20)18-10-6-16(7-11-18)21(25)23-14-2-4-19-5-3-15-28-19/h3,5-13,15H,2,4,14H2,1H3,(H,23,25). The fourth-order valence-electron chi connectivity index (χ4n) is 2.75. The van der Waals surface area contributed by atoms with Crippen molar-refractivity contribution in [3.8, 4) is 0 Å². The predicted molar refractivity (Wildman–Crippen MR) is 113 cm³/mol. The molecule has 1 N–H and O–H groups in total. The van der Waals surface area contributed by atoms with E-state index in [1.165, 1.54) is 35.6 Å². The van der Waals surface area contributed by atoms with E-state index in [9.17, 15) is 13.2 Å². The molecule has 0 aliphatic rings. The number of halogens is 1. The number of furan rings is 1. The number of hydrogen-bond acceptors (Lipinski definition) is 4. The summed E-state index contributed by atoms with van der Waals surface area (Å²) in [4.78, 5) is 12.4. The normalized spacial score (nSPS) is 11.2. The number of amides is 1. The minimum Gasteiger partial charge on any atom is -0.469 e. The van der Waals surface area contributed by atoms with Crippen LogP contribution < -0.4 is 9.62 Å². The third kappa shape index (κ3) is 5.19. The van der Waals surface area contributed by atoms with Crippen LogP contribution in [-0.4, -0.2) is 27.9 Å². The molecule has 0 radical (unpaired) electrons. The van der Waals surface area contributed by atoms with E-state index in [0.29, 0.717) is 22.8 Å². The maximum atomic E-state index is 12.7. The van der Waals surface area contributed by atoms with Crippen LogP contribution in [0.2, 0.25) is 5.02 Å². The Morgan fingerprint density at radius 3 is 2.38 bits per heavy atom. The Bertz CT molecular complexity index is 1050. The maximum Gasteiger partial charge on any atom is 0.264 e. The van der Waals surface area contributed by atoms with Gasteiger partial charge in [-0.15, -0.1) is 0 Å². The van der Waals surface area contributed by atoms with Crippen LogP contribution in [0.25, 0.3) is 0 Å². The first-order valence-electron chi connectivity index (χ1n) is 9.03. The number of benzene rings is 2. The molecule has 0 aliphatic heterocycles. The average Bonchev–Trinajstić information content (AvgIpc) is 3.24. The van der Waals surface area contributed by atoms with Gasteiger partial charge in [-0.05, 0) is 67.1 Å². The second-order valence-corrected chi connectivity index (χ2v) is 8.82. The van der Waals surface area contributed by atoms with Gasteiger partial charge in [0.2, 0.25) is 0 Å². The fourth-order valence-corrected chi connectivity index (χ4v) is 4.07. The Labute approximate surface area is 175 Å². The van der Waals surface area contributed by atoms with E-state index in [1.807, 2.05) is 12.1 Å². The van der Waals surface area contributed by atoms with E-state index in [1.54, 1.807) is 30.5 Å². The third-order valence-electron chi connectivity index (χ3n) is 4.43. The van der Waals surface area contributed by atoms with Crippen molar-refractivity contribution in [1.82, 2.24) is 5.32 Å². The van der Waals surface area contributed by atoms with Crippen LogP contribution >= 0.6 is 11.6 Å². The van der Waals surface area contributed by atoms with Crippen LogP contribution in [0.4, 0.5) is 5.69 Å². The van der Waals surface area contributed by atoms with Crippen molar-refractivity contribution in [2.45, 2.75) is 17.7 Å². The van der Waals surface area contributed by atoms with Gasteiger partial charge in [0.1, 0.15) is 5.76 Å². The van der Waals surface area contributed by atoms with Crippen LogP contribution in [0.1, 0.15) is 22.5 Å². The van der Waals surface area contributed by atoms with Gasteiger partial charge in [0.05, 0.1) is 16.8 Å². The van der Waals surface area contributed by atoms with Crippen molar-refractivity contribution < 1.29 is 17.6 Å². The quantitative estimate of drug-likeness (QED) is 0.543. The molecule has 3 rings (SSSR count). The van der Waals surface area contributed by atoms with Gasteiger partial charge in [-0.25, -0.2) is 8.42 Å². The van der Waals surface area contributed by atoms with Crippen molar-refractivity contribution in [3.63, 3.8) is 0 Å². The van der Waals surface area contributed by atoms with Gasteiger partial charge >= 0.3 is 0 Å². The molecule has 0 saturated carbocycles. The number of carbonyl (C=O) groups excluding carboxylic acids is 1. The van der Waals surface area contributed by atoms with E-state index in [2.05, 4.69) is 5.32 Å². The molecule has 6 nitrogen and oxygen atoms in total. The summed E-state index contributed by atoms with van der Waals surface area (Å²) in [6, 6.07) is 16.1. The molecule has 0 spiro atoms. The molecule has 8 heteroatoms. The van der Waals surface area contributed by atoms with Gasteiger partial charge in [-0.3, -0.25) is 9.10 Å². The molecule has 0 atom stereocenters. The van der Waals surface area contributed by atoms with E-state index >= 15 is 0 Å². The molecule has 0 fully saturated rings. The molecule has 152 valence electrons.